The summed E-state index contributed by atoms with van der Waals surface area (Å²) in [6.07, 6.45) is 2.37. The van der Waals surface area contributed by atoms with Crippen LogP contribution in [0.3, 0.4) is 0 Å². The first-order valence-electron chi connectivity index (χ1n) is 8.66. The van der Waals surface area contributed by atoms with Crippen LogP contribution in [0, 0.1) is 5.92 Å². The van der Waals surface area contributed by atoms with Crippen LogP contribution < -0.4 is 15.4 Å². The van der Waals surface area contributed by atoms with Gasteiger partial charge in [-0.25, -0.2) is 4.79 Å². The minimum atomic E-state index is -0.777. The Bertz CT molecular complexity index is 633. The second-order valence-corrected chi connectivity index (χ2v) is 7.28. The van der Waals surface area contributed by atoms with E-state index >= 15 is 0 Å². The fraction of sp³-hybridized carbons (Fsp3) is 0.526. The van der Waals surface area contributed by atoms with E-state index in [-0.39, 0.29) is 11.8 Å². The molecule has 0 aliphatic rings. The summed E-state index contributed by atoms with van der Waals surface area (Å²) in [4.78, 5) is 37.1. The molecule has 27 heavy (non-hydrogen) atoms. The van der Waals surface area contributed by atoms with E-state index in [1.807, 2.05) is 20.1 Å². The third kappa shape index (κ3) is 7.13. The second kappa shape index (κ2) is 11.5. The number of nitrogens with one attached hydrogen (secondary N) is 2. The Balaban J connectivity index is 2.84. The van der Waals surface area contributed by atoms with E-state index in [1.54, 1.807) is 43.1 Å². The molecule has 1 rings (SSSR count). The molecule has 0 heterocycles. The predicted molar refractivity (Wildman–Crippen MR) is 106 cm³/mol. The predicted octanol–water partition coefficient (Wildman–Crippen LogP) is 1.86. The molecule has 8 heteroatoms. The van der Waals surface area contributed by atoms with Gasteiger partial charge in [-0.15, -0.1) is 0 Å². The molecule has 0 fully saturated rings. The number of ether oxygens (including phenoxy) is 2. The Morgan fingerprint density at radius 3 is 2.19 bits per heavy atom. The van der Waals surface area contributed by atoms with Gasteiger partial charge in [0.05, 0.1) is 14.2 Å². The monoisotopic (exact) mass is 396 g/mol. The summed E-state index contributed by atoms with van der Waals surface area (Å²) in [7, 11) is 2.83. The van der Waals surface area contributed by atoms with E-state index in [4.69, 9.17) is 9.47 Å². The molecular weight excluding hydrogens is 368 g/mol. The smallest absolute Gasteiger partial charge is 0.328 e. The first-order chi connectivity index (χ1) is 12.8. The van der Waals surface area contributed by atoms with Gasteiger partial charge in [0, 0.05) is 5.56 Å². The third-order valence-electron chi connectivity index (χ3n) is 4.00. The Kier molecular flexibility index (Phi) is 9.71. The Hall–Kier alpha value is -2.22. The highest BCUT2D eigenvalue weighted by Crippen LogP contribution is 2.12. The number of benzene rings is 1. The zero-order valence-corrected chi connectivity index (χ0v) is 17.2. The van der Waals surface area contributed by atoms with Crippen LogP contribution in [0.5, 0.6) is 5.75 Å². The molecule has 1 aromatic rings. The van der Waals surface area contributed by atoms with E-state index in [9.17, 15) is 14.4 Å². The summed E-state index contributed by atoms with van der Waals surface area (Å²) in [6.45, 7) is 3.65. The van der Waals surface area contributed by atoms with Crippen molar-refractivity contribution >= 4 is 29.5 Å². The molecule has 0 aliphatic carbocycles. The van der Waals surface area contributed by atoms with E-state index in [0.29, 0.717) is 23.5 Å². The van der Waals surface area contributed by atoms with Crippen molar-refractivity contribution in [3.8, 4) is 5.75 Å². The van der Waals surface area contributed by atoms with Gasteiger partial charge in [-0.2, -0.15) is 11.8 Å². The van der Waals surface area contributed by atoms with E-state index < -0.39 is 24.0 Å². The number of amides is 2. The lowest BCUT2D eigenvalue weighted by atomic mass is 10.0. The van der Waals surface area contributed by atoms with Crippen molar-refractivity contribution < 1.29 is 23.9 Å². The van der Waals surface area contributed by atoms with E-state index in [0.717, 1.165) is 0 Å². The molecule has 7 nitrogen and oxygen atoms in total. The molecule has 0 spiro atoms. The molecule has 0 aliphatic heterocycles. The van der Waals surface area contributed by atoms with Crippen molar-refractivity contribution in [1.29, 1.82) is 0 Å². The molecular formula is C19H28N2O5S. The lowest BCUT2D eigenvalue weighted by Gasteiger charge is -2.24. The van der Waals surface area contributed by atoms with Crippen LogP contribution in [0.1, 0.15) is 30.6 Å². The molecule has 2 amide bonds. The van der Waals surface area contributed by atoms with E-state index in [2.05, 4.69) is 10.6 Å². The van der Waals surface area contributed by atoms with Gasteiger partial charge in [-0.3, -0.25) is 9.59 Å². The second-order valence-electron chi connectivity index (χ2n) is 6.29. The van der Waals surface area contributed by atoms with Gasteiger partial charge in [0.15, 0.2) is 0 Å². The van der Waals surface area contributed by atoms with Crippen molar-refractivity contribution in [1.82, 2.24) is 10.6 Å². The fourth-order valence-corrected chi connectivity index (χ4v) is 2.86. The standard InChI is InChI=1S/C19H28N2O5S/c1-12(2)16(18(23)20-15(10-11-27-5)19(24)26-4)21-17(22)13-6-8-14(25-3)9-7-13/h6-9,12,15-16H,10-11H2,1-5H3,(H,20,23)(H,21,22)/t15-,16-/m0/s1. The van der Waals surface area contributed by atoms with Crippen LogP contribution in [0.4, 0.5) is 0 Å². The molecule has 0 aromatic heterocycles. The molecule has 0 radical (unpaired) electrons. The largest absolute Gasteiger partial charge is 0.497 e. The van der Waals surface area contributed by atoms with Crippen LogP contribution in [-0.2, 0) is 14.3 Å². The van der Waals surface area contributed by atoms with Crippen LogP contribution >= 0.6 is 11.8 Å². The minimum absolute atomic E-state index is 0.161. The lowest BCUT2D eigenvalue weighted by Crippen LogP contribution is -2.54. The number of esters is 1. The number of carbonyl (C=O) groups is 3. The Morgan fingerprint density at radius 1 is 1.07 bits per heavy atom. The first kappa shape index (κ1) is 22.8. The van der Waals surface area contributed by atoms with Gasteiger partial charge in [-0.05, 0) is 48.6 Å². The maximum absolute atomic E-state index is 12.7. The summed E-state index contributed by atoms with van der Waals surface area (Å²) < 4.78 is 9.83. The fourth-order valence-electron chi connectivity index (χ4n) is 2.39. The topological polar surface area (TPSA) is 93.7 Å². The Morgan fingerprint density at radius 2 is 1.70 bits per heavy atom. The number of methoxy groups -OCH3 is 2. The SMILES string of the molecule is COC(=O)[C@H](CCSC)NC(=O)[C@@H](NC(=O)c1ccc(OC)cc1)C(C)C. The van der Waals surface area contributed by atoms with Gasteiger partial charge in [0.25, 0.3) is 5.91 Å². The maximum atomic E-state index is 12.7. The maximum Gasteiger partial charge on any atom is 0.328 e. The van der Waals surface area contributed by atoms with Crippen LogP contribution in [0.2, 0.25) is 0 Å². The van der Waals surface area contributed by atoms with Gasteiger partial charge < -0.3 is 20.1 Å². The molecule has 0 saturated carbocycles. The van der Waals surface area contributed by atoms with Crippen molar-refractivity contribution in [2.45, 2.75) is 32.4 Å². The molecule has 0 saturated heterocycles. The zero-order valence-electron chi connectivity index (χ0n) is 16.4. The zero-order chi connectivity index (χ0) is 20.4. The highest BCUT2D eigenvalue weighted by Gasteiger charge is 2.29. The molecule has 2 atom stereocenters. The number of hydrogen-bond acceptors (Lipinski definition) is 6. The molecule has 0 bridgehead atoms. The van der Waals surface area contributed by atoms with Crippen LogP contribution in [0.15, 0.2) is 24.3 Å². The minimum Gasteiger partial charge on any atom is -0.497 e. The van der Waals surface area contributed by atoms with Gasteiger partial charge in [0.1, 0.15) is 17.8 Å². The van der Waals surface area contributed by atoms with Crippen LogP contribution in [-0.4, -0.2) is 56.1 Å². The molecule has 2 N–H and O–H groups in total. The molecule has 150 valence electrons. The van der Waals surface area contributed by atoms with Crippen molar-refractivity contribution in [2.75, 3.05) is 26.2 Å². The number of carbonyl (C=O) groups excluding carboxylic acids is 3. The normalized spacial score (nSPS) is 12.8. The molecule has 0 unspecified atom stereocenters. The lowest BCUT2D eigenvalue weighted by molar-refractivity contribution is -0.145. The summed E-state index contributed by atoms with van der Waals surface area (Å²) in [6, 6.07) is 5.08. The van der Waals surface area contributed by atoms with Crippen LogP contribution in [0.25, 0.3) is 0 Å². The summed E-state index contributed by atoms with van der Waals surface area (Å²) in [5, 5.41) is 5.44. The van der Waals surface area contributed by atoms with Crippen molar-refractivity contribution in [2.24, 2.45) is 5.92 Å². The quantitative estimate of drug-likeness (QED) is 0.587. The number of thioether (sulfide) groups is 1. The first-order valence-corrected chi connectivity index (χ1v) is 10.1. The summed E-state index contributed by atoms with van der Waals surface area (Å²) in [5.41, 5.74) is 0.418. The van der Waals surface area contributed by atoms with Gasteiger partial charge in [0.2, 0.25) is 5.91 Å². The highest BCUT2D eigenvalue weighted by molar-refractivity contribution is 7.98. The highest BCUT2D eigenvalue weighted by atomic mass is 32.2. The van der Waals surface area contributed by atoms with Crippen molar-refractivity contribution in [3.05, 3.63) is 29.8 Å². The number of rotatable bonds is 10. The van der Waals surface area contributed by atoms with Gasteiger partial charge >= 0.3 is 5.97 Å². The Labute approximate surface area is 164 Å². The average Bonchev–Trinajstić information content (AvgIpc) is 2.67. The number of hydrogen-bond donors (Lipinski definition) is 2. The summed E-state index contributed by atoms with van der Waals surface area (Å²) >= 11 is 1.57. The average molecular weight is 397 g/mol. The van der Waals surface area contributed by atoms with Crippen molar-refractivity contribution in [3.63, 3.8) is 0 Å². The molecule has 1 aromatic carbocycles. The third-order valence-corrected chi connectivity index (χ3v) is 4.64. The van der Waals surface area contributed by atoms with Gasteiger partial charge in [-0.1, -0.05) is 13.8 Å². The summed E-state index contributed by atoms with van der Waals surface area (Å²) in [5.74, 6) is -0.106. The van der Waals surface area contributed by atoms with E-state index in [1.165, 1.54) is 7.11 Å².